The van der Waals surface area contributed by atoms with Gasteiger partial charge in [0.05, 0.1) is 18.7 Å². The Morgan fingerprint density at radius 3 is 2.48 bits per heavy atom. The lowest BCUT2D eigenvalue weighted by atomic mass is 9.89. The predicted octanol–water partition coefficient (Wildman–Crippen LogP) is 1.17. The lowest BCUT2D eigenvalue weighted by Crippen LogP contribution is -2.63. The zero-order valence-corrected chi connectivity index (χ0v) is 12.1. The fourth-order valence-corrected chi connectivity index (χ4v) is 2.47. The maximum atomic E-state index is 11.9. The summed E-state index contributed by atoms with van der Waals surface area (Å²) in [7, 11) is 0. The van der Waals surface area contributed by atoms with Crippen molar-refractivity contribution in [2.24, 2.45) is 5.73 Å². The van der Waals surface area contributed by atoms with Gasteiger partial charge in [0, 0.05) is 11.6 Å². The number of nitrogens with zero attached hydrogens (tertiary/aromatic N) is 1. The molecule has 1 saturated heterocycles. The van der Waals surface area contributed by atoms with Crippen molar-refractivity contribution >= 4 is 17.9 Å². The summed E-state index contributed by atoms with van der Waals surface area (Å²) >= 11 is 0. The molecule has 5 nitrogen and oxygen atoms in total. The minimum absolute atomic E-state index is 0.116. The van der Waals surface area contributed by atoms with Crippen LogP contribution in [0.25, 0.3) is 6.08 Å². The molecule has 1 aromatic carbocycles. The van der Waals surface area contributed by atoms with Gasteiger partial charge in [-0.3, -0.25) is 9.59 Å². The van der Waals surface area contributed by atoms with E-state index in [-0.39, 0.29) is 5.91 Å². The Balaban J connectivity index is 1.90. The molecule has 5 heteroatoms. The van der Waals surface area contributed by atoms with Gasteiger partial charge in [-0.1, -0.05) is 25.5 Å². The molecule has 0 spiro atoms. The van der Waals surface area contributed by atoms with Gasteiger partial charge >= 0.3 is 0 Å². The monoisotopic (exact) mass is 288 g/mol. The molecule has 0 unspecified atom stereocenters. The molecule has 3 N–H and O–H groups in total. The number of benzene rings is 1. The van der Waals surface area contributed by atoms with Gasteiger partial charge in [0.2, 0.25) is 11.8 Å². The lowest BCUT2D eigenvalue weighted by Gasteiger charge is -2.46. The van der Waals surface area contributed by atoms with Gasteiger partial charge in [-0.25, -0.2) is 0 Å². The largest absolute Gasteiger partial charge is 0.386 e. The van der Waals surface area contributed by atoms with Gasteiger partial charge in [0.1, 0.15) is 0 Å². The van der Waals surface area contributed by atoms with Crippen molar-refractivity contribution in [3.05, 3.63) is 41.5 Å². The van der Waals surface area contributed by atoms with Crippen LogP contribution in [0.15, 0.2) is 30.3 Å². The Morgan fingerprint density at radius 2 is 1.95 bits per heavy atom. The van der Waals surface area contributed by atoms with Gasteiger partial charge in [-0.05, 0) is 30.2 Å². The number of primary amides is 1. The minimum Gasteiger partial charge on any atom is -0.386 e. The third kappa shape index (κ3) is 3.70. The second-order valence-corrected chi connectivity index (χ2v) is 5.49. The van der Waals surface area contributed by atoms with Crippen LogP contribution in [0.4, 0.5) is 0 Å². The minimum atomic E-state index is -0.707. The van der Waals surface area contributed by atoms with E-state index < -0.39 is 11.5 Å². The van der Waals surface area contributed by atoms with Crippen LogP contribution in [-0.4, -0.2) is 40.5 Å². The van der Waals surface area contributed by atoms with Crippen LogP contribution >= 0.6 is 0 Å². The second kappa shape index (κ2) is 6.10. The van der Waals surface area contributed by atoms with Crippen LogP contribution in [0.3, 0.4) is 0 Å². The molecule has 1 aliphatic rings. The zero-order chi connectivity index (χ0) is 15.5. The number of hydrogen-bond acceptors (Lipinski definition) is 3. The first-order valence-corrected chi connectivity index (χ1v) is 7.03. The van der Waals surface area contributed by atoms with Crippen molar-refractivity contribution in [3.63, 3.8) is 0 Å². The number of carbonyl (C=O) groups is 2. The van der Waals surface area contributed by atoms with Crippen molar-refractivity contribution in [3.8, 4) is 0 Å². The molecule has 0 atom stereocenters. The van der Waals surface area contributed by atoms with E-state index in [9.17, 15) is 14.7 Å². The normalized spacial score (nSPS) is 16.8. The number of rotatable bonds is 5. The first-order valence-electron chi connectivity index (χ1n) is 7.03. The summed E-state index contributed by atoms with van der Waals surface area (Å²) in [6.07, 6.45) is 4.78. The predicted molar refractivity (Wildman–Crippen MR) is 80.4 cm³/mol. The topological polar surface area (TPSA) is 83.6 Å². The molecule has 1 heterocycles. The molecule has 112 valence electrons. The average molecular weight is 288 g/mol. The maximum Gasteiger partial charge on any atom is 0.248 e. The molecular formula is C16H20N2O3. The fraction of sp³-hybridized carbons (Fsp3) is 0.375. The molecule has 1 aromatic rings. The molecule has 1 fully saturated rings. The third-order valence-electron chi connectivity index (χ3n) is 3.61. The zero-order valence-electron chi connectivity index (χ0n) is 12.1. The van der Waals surface area contributed by atoms with Crippen LogP contribution in [0, 0.1) is 0 Å². The number of hydrogen-bond donors (Lipinski definition) is 2. The van der Waals surface area contributed by atoms with E-state index in [2.05, 4.69) is 0 Å². The molecule has 1 aliphatic heterocycles. The Morgan fingerprint density at radius 1 is 1.33 bits per heavy atom. The molecular weight excluding hydrogens is 268 g/mol. The Kier molecular flexibility index (Phi) is 4.43. The molecule has 0 bridgehead atoms. The van der Waals surface area contributed by atoms with Crippen molar-refractivity contribution in [1.82, 2.24) is 4.90 Å². The van der Waals surface area contributed by atoms with E-state index in [1.165, 1.54) is 6.08 Å². The summed E-state index contributed by atoms with van der Waals surface area (Å²) in [6, 6.07) is 6.70. The Labute approximate surface area is 124 Å². The second-order valence-electron chi connectivity index (χ2n) is 5.49. The molecule has 0 radical (unpaired) electrons. The van der Waals surface area contributed by atoms with Gasteiger partial charge in [-0.15, -0.1) is 0 Å². The summed E-state index contributed by atoms with van der Waals surface area (Å²) in [5.74, 6) is -0.591. The van der Waals surface area contributed by atoms with Gasteiger partial charge in [-0.2, -0.15) is 0 Å². The number of β-amino-alcohol motifs (C(OH)–C–C–N with tert-alkyl or cyclic N) is 1. The summed E-state index contributed by atoms with van der Waals surface area (Å²) in [6.45, 7) is 2.80. The molecule has 0 saturated carbocycles. The number of amides is 2. The van der Waals surface area contributed by atoms with E-state index in [1.807, 2.05) is 6.92 Å². The smallest absolute Gasteiger partial charge is 0.248 e. The van der Waals surface area contributed by atoms with Crippen molar-refractivity contribution in [2.75, 3.05) is 13.1 Å². The van der Waals surface area contributed by atoms with Crippen LogP contribution in [0.5, 0.6) is 0 Å². The van der Waals surface area contributed by atoms with Gasteiger partial charge in [0.25, 0.3) is 0 Å². The van der Waals surface area contributed by atoms with Crippen LogP contribution in [0.2, 0.25) is 0 Å². The number of likely N-dealkylation sites (tertiary alicyclic amines) is 1. The maximum absolute atomic E-state index is 11.9. The highest BCUT2D eigenvalue weighted by Crippen LogP contribution is 2.25. The van der Waals surface area contributed by atoms with E-state index in [0.29, 0.717) is 18.7 Å². The van der Waals surface area contributed by atoms with Crippen molar-refractivity contribution in [1.29, 1.82) is 0 Å². The third-order valence-corrected chi connectivity index (χ3v) is 3.61. The molecule has 21 heavy (non-hydrogen) atoms. The standard InChI is InChI=1S/C16H20N2O3/c1-2-9-16(21)10-18(11-16)14(19)8-5-12-3-6-13(7-4-12)15(17)20/h3-8,21H,2,9-11H2,1H3,(H2,17,20). The summed E-state index contributed by atoms with van der Waals surface area (Å²) in [4.78, 5) is 24.5. The van der Waals surface area contributed by atoms with E-state index in [1.54, 1.807) is 35.2 Å². The molecule has 2 rings (SSSR count). The summed E-state index contributed by atoms with van der Waals surface area (Å²) in [5, 5.41) is 10.0. The van der Waals surface area contributed by atoms with Crippen molar-refractivity contribution < 1.29 is 14.7 Å². The SMILES string of the molecule is CCCC1(O)CN(C(=O)C=Cc2ccc(C(N)=O)cc2)C1. The number of nitrogens with two attached hydrogens (primary N) is 1. The average Bonchev–Trinajstić information content (AvgIpc) is 2.42. The molecule has 0 aromatic heterocycles. The summed E-state index contributed by atoms with van der Waals surface area (Å²) < 4.78 is 0. The van der Waals surface area contributed by atoms with E-state index in [4.69, 9.17) is 5.73 Å². The highest BCUT2D eigenvalue weighted by molar-refractivity contribution is 5.94. The fourth-order valence-electron chi connectivity index (χ4n) is 2.47. The van der Waals surface area contributed by atoms with E-state index >= 15 is 0 Å². The first-order chi connectivity index (χ1) is 9.93. The Bertz CT molecular complexity index is 557. The molecule has 0 aliphatic carbocycles. The molecule has 2 amide bonds. The van der Waals surface area contributed by atoms with E-state index in [0.717, 1.165) is 18.4 Å². The lowest BCUT2D eigenvalue weighted by molar-refractivity contribution is -0.151. The van der Waals surface area contributed by atoms with Gasteiger partial charge < -0.3 is 15.7 Å². The van der Waals surface area contributed by atoms with Gasteiger partial charge in [0.15, 0.2) is 0 Å². The summed E-state index contributed by atoms with van der Waals surface area (Å²) in [5.41, 5.74) is 5.71. The van der Waals surface area contributed by atoms with Crippen molar-refractivity contribution in [2.45, 2.75) is 25.4 Å². The van der Waals surface area contributed by atoms with Crippen LogP contribution < -0.4 is 5.73 Å². The van der Waals surface area contributed by atoms with Crippen LogP contribution in [0.1, 0.15) is 35.7 Å². The highest BCUT2D eigenvalue weighted by atomic mass is 16.3. The Hall–Kier alpha value is -2.14. The first kappa shape index (κ1) is 15.3. The quantitative estimate of drug-likeness (QED) is 0.798. The number of aliphatic hydroxyl groups is 1. The number of carbonyl (C=O) groups excluding carboxylic acids is 2. The highest BCUT2D eigenvalue weighted by Gasteiger charge is 2.41. The van der Waals surface area contributed by atoms with Crippen LogP contribution in [-0.2, 0) is 4.79 Å².